The van der Waals surface area contributed by atoms with E-state index in [1.807, 2.05) is 0 Å². The van der Waals surface area contributed by atoms with Crippen molar-refractivity contribution in [1.82, 2.24) is 5.32 Å². The maximum Gasteiger partial charge on any atom is 0.254 e. The first-order valence-electron chi connectivity index (χ1n) is 5.19. The Bertz CT molecular complexity index is 431. The Morgan fingerprint density at radius 3 is 2.47 bits per heavy atom. The van der Waals surface area contributed by atoms with Gasteiger partial charge in [-0.1, -0.05) is 0 Å². The molecule has 1 atom stereocenters. The minimum Gasteiger partial charge on any atom is -0.391 e. The van der Waals surface area contributed by atoms with Gasteiger partial charge in [0.1, 0.15) is 11.6 Å². The molecule has 2 N–H and O–H groups in total. The quantitative estimate of drug-likeness (QED) is 0.851. The lowest BCUT2D eigenvalue weighted by Gasteiger charge is -2.29. The molecule has 1 amide bonds. The summed E-state index contributed by atoms with van der Waals surface area (Å²) in [6.45, 7) is 4.73. The summed E-state index contributed by atoms with van der Waals surface area (Å²) in [5.74, 6) is -2.36. The topological polar surface area (TPSA) is 49.3 Å². The van der Waals surface area contributed by atoms with Gasteiger partial charge in [0.05, 0.1) is 17.2 Å². The van der Waals surface area contributed by atoms with Gasteiger partial charge in [-0.15, -0.1) is 0 Å². The van der Waals surface area contributed by atoms with E-state index < -0.39 is 29.2 Å². The van der Waals surface area contributed by atoms with E-state index >= 15 is 0 Å². The van der Waals surface area contributed by atoms with Gasteiger partial charge in [0.15, 0.2) is 0 Å². The number of halogens is 2. The monoisotopic (exact) mass is 243 g/mol. The van der Waals surface area contributed by atoms with E-state index in [9.17, 15) is 18.7 Å². The van der Waals surface area contributed by atoms with Gasteiger partial charge < -0.3 is 10.4 Å². The molecule has 0 fully saturated rings. The molecule has 0 aliphatic heterocycles. The molecule has 0 spiro atoms. The Labute approximate surface area is 98.5 Å². The number of nitrogens with one attached hydrogen (secondary N) is 1. The first kappa shape index (κ1) is 13.6. The van der Waals surface area contributed by atoms with Crippen LogP contribution in [0, 0.1) is 11.6 Å². The normalized spacial score (nSPS) is 13.3. The molecule has 0 heterocycles. The predicted molar refractivity (Wildman–Crippen MR) is 59.6 cm³/mol. The molecule has 0 saturated carbocycles. The zero-order valence-corrected chi connectivity index (χ0v) is 9.92. The van der Waals surface area contributed by atoms with Crippen LogP contribution in [-0.2, 0) is 0 Å². The fraction of sp³-hybridized carbons (Fsp3) is 0.417. The number of hydrogen-bond donors (Lipinski definition) is 2. The smallest absolute Gasteiger partial charge is 0.254 e. The highest BCUT2D eigenvalue weighted by Gasteiger charge is 2.27. The Balaban J connectivity index is 2.91. The van der Waals surface area contributed by atoms with Gasteiger partial charge in [-0.25, -0.2) is 8.78 Å². The summed E-state index contributed by atoms with van der Waals surface area (Å²) >= 11 is 0. The zero-order chi connectivity index (χ0) is 13.2. The SMILES string of the molecule is CC(O)C(C)(C)NC(=O)c1ccc(F)cc1F. The molecule has 5 heteroatoms. The third kappa shape index (κ3) is 3.23. The van der Waals surface area contributed by atoms with Gasteiger partial charge in [0.25, 0.3) is 5.91 Å². The summed E-state index contributed by atoms with van der Waals surface area (Å²) in [7, 11) is 0. The van der Waals surface area contributed by atoms with E-state index in [0.29, 0.717) is 6.07 Å². The first-order chi connectivity index (χ1) is 7.74. The molecule has 1 aromatic rings. The van der Waals surface area contributed by atoms with Crippen LogP contribution in [0.3, 0.4) is 0 Å². The Morgan fingerprint density at radius 2 is 2.00 bits per heavy atom. The van der Waals surface area contributed by atoms with Crippen molar-refractivity contribution >= 4 is 5.91 Å². The maximum absolute atomic E-state index is 13.3. The Morgan fingerprint density at radius 1 is 1.41 bits per heavy atom. The van der Waals surface area contributed by atoms with Crippen molar-refractivity contribution in [3.63, 3.8) is 0 Å². The van der Waals surface area contributed by atoms with Gasteiger partial charge in [-0.05, 0) is 32.9 Å². The van der Waals surface area contributed by atoms with E-state index in [0.717, 1.165) is 12.1 Å². The minimum atomic E-state index is -0.927. The largest absolute Gasteiger partial charge is 0.391 e. The van der Waals surface area contributed by atoms with Crippen molar-refractivity contribution in [3.05, 3.63) is 35.4 Å². The van der Waals surface area contributed by atoms with E-state index in [2.05, 4.69) is 5.32 Å². The van der Waals surface area contributed by atoms with Crippen molar-refractivity contribution < 1.29 is 18.7 Å². The standard InChI is InChI=1S/C12H15F2NO2/c1-7(16)12(2,3)15-11(17)9-5-4-8(13)6-10(9)14/h4-7,16H,1-3H3,(H,15,17). The fourth-order valence-electron chi connectivity index (χ4n) is 1.14. The summed E-state index contributed by atoms with van der Waals surface area (Å²) in [5.41, 5.74) is -1.14. The average Bonchev–Trinajstić information content (AvgIpc) is 2.15. The molecule has 1 unspecified atom stereocenters. The predicted octanol–water partition coefficient (Wildman–Crippen LogP) is 1.85. The Hall–Kier alpha value is -1.49. The van der Waals surface area contributed by atoms with E-state index in [1.54, 1.807) is 13.8 Å². The third-order valence-corrected chi connectivity index (χ3v) is 2.66. The van der Waals surface area contributed by atoms with Crippen LogP contribution in [0.15, 0.2) is 18.2 Å². The second-order valence-electron chi connectivity index (χ2n) is 4.48. The van der Waals surface area contributed by atoms with Crippen LogP contribution in [0.1, 0.15) is 31.1 Å². The molecular weight excluding hydrogens is 228 g/mol. The number of benzene rings is 1. The lowest BCUT2D eigenvalue weighted by atomic mass is 9.98. The van der Waals surface area contributed by atoms with Crippen LogP contribution in [0.25, 0.3) is 0 Å². The molecule has 17 heavy (non-hydrogen) atoms. The number of carbonyl (C=O) groups is 1. The lowest BCUT2D eigenvalue weighted by Crippen LogP contribution is -2.51. The van der Waals surface area contributed by atoms with Crippen molar-refractivity contribution in [3.8, 4) is 0 Å². The molecule has 1 aromatic carbocycles. The molecule has 3 nitrogen and oxygen atoms in total. The summed E-state index contributed by atoms with van der Waals surface area (Å²) in [6, 6.07) is 2.72. The minimum absolute atomic E-state index is 0.250. The number of aliphatic hydroxyl groups excluding tert-OH is 1. The van der Waals surface area contributed by atoms with Gasteiger partial charge in [-0.3, -0.25) is 4.79 Å². The highest BCUT2D eigenvalue weighted by Crippen LogP contribution is 2.13. The molecule has 1 rings (SSSR count). The van der Waals surface area contributed by atoms with E-state index in [4.69, 9.17) is 0 Å². The van der Waals surface area contributed by atoms with Crippen molar-refractivity contribution in [2.75, 3.05) is 0 Å². The van der Waals surface area contributed by atoms with Crippen molar-refractivity contribution in [2.45, 2.75) is 32.4 Å². The molecule has 0 aromatic heterocycles. The number of amides is 1. The lowest BCUT2D eigenvalue weighted by molar-refractivity contribution is 0.0706. The molecule has 0 aliphatic rings. The van der Waals surface area contributed by atoms with E-state index in [1.165, 1.54) is 6.92 Å². The van der Waals surface area contributed by atoms with Gasteiger partial charge in [-0.2, -0.15) is 0 Å². The molecule has 0 radical (unpaired) electrons. The Kier molecular flexibility index (Phi) is 3.83. The van der Waals surface area contributed by atoms with Crippen LogP contribution in [0.2, 0.25) is 0 Å². The third-order valence-electron chi connectivity index (χ3n) is 2.66. The van der Waals surface area contributed by atoms with Crippen LogP contribution in [0.5, 0.6) is 0 Å². The number of hydrogen-bond acceptors (Lipinski definition) is 2. The maximum atomic E-state index is 13.3. The van der Waals surface area contributed by atoms with E-state index in [-0.39, 0.29) is 5.56 Å². The van der Waals surface area contributed by atoms with Gasteiger partial charge >= 0.3 is 0 Å². The van der Waals surface area contributed by atoms with Crippen LogP contribution in [0.4, 0.5) is 8.78 Å². The fourth-order valence-corrected chi connectivity index (χ4v) is 1.14. The molecule has 94 valence electrons. The number of aliphatic hydroxyl groups is 1. The van der Waals surface area contributed by atoms with Gasteiger partial charge in [0.2, 0.25) is 0 Å². The summed E-state index contributed by atoms with van der Waals surface area (Å²) < 4.78 is 26.0. The zero-order valence-electron chi connectivity index (χ0n) is 9.92. The second-order valence-corrected chi connectivity index (χ2v) is 4.48. The first-order valence-corrected chi connectivity index (χ1v) is 5.19. The summed E-state index contributed by atoms with van der Waals surface area (Å²) in [5, 5.41) is 11.9. The van der Waals surface area contributed by atoms with Crippen molar-refractivity contribution in [2.24, 2.45) is 0 Å². The highest BCUT2D eigenvalue weighted by atomic mass is 19.1. The van der Waals surface area contributed by atoms with Crippen LogP contribution in [-0.4, -0.2) is 22.7 Å². The second kappa shape index (κ2) is 4.79. The van der Waals surface area contributed by atoms with Gasteiger partial charge in [0, 0.05) is 6.07 Å². The molecule has 0 saturated heterocycles. The highest BCUT2D eigenvalue weighted by molar-refractivity contribution is 5.94. The van der Waals surface area contributed by atoms with Crippen molar-refractivity contribution in [1.29, 1.82) is 0 Å². The van der Waals surface area contributed by atoms with Crippen LogP contribution >= 0.6 is 0 Å². The van der Waals surface area contributed by atoms with Crippen LogP contribution < -0.4 is 5.32 Å². The average molecular weight is 243 g/mol. The molecular formula is C12H15F2NO2. The summed E-state index contributed by atoms with van der Waals surface area (Å²) in [6.07, 6.45) is -0.796. The molecule has 0 aliphatic carbocycles. The molecule has 0 bridgehead atoms. The summed E-state index contributed by atoms with van der Waals surface area (Å²) in [4.78, 5) is 11.7. The number of carbonyl (C=O) groups excluding carboxylic acids is 1. The number of rotatable bonds is 3.